The number of rotatable bonds is 5. The zero-order valence-electron chi connectivity index (χ0n) is 22.2. The van der Waals surface area contributed by atoms with Crippen LogP contribution in [0.1, 0.15) is 38.6 Å². The number of aromatic nitrogens is 3. The Morgan fingerprint density at radius 3 is 2.39 bits per heavy atom. The van der Waals surface area contributed by atoms with E-state index in [2.05, 4.69) is 10.4 Å². The molecule has 1 aliphatic heterocycles. The highest BCUT2D eigenvalue weighted by atomic mass is 32.2. The monoisotopic (exact) mass is 533 g/mol. The van der Waals surface area contributed by atoms with Crippen molar-refractivity contribution in [1.29, 1.82) is 0 Å². The molecule has 9 nitrogen and oxygen atoms in total. The third-order valence-corrected chi connectivity index (χ3v) is 8.86. The minimum absolute atomic E-state index is 0.172. The molecular formula is C28H31N5O4S. The zero-order valence-corrected chi connectivity index (χ0v) is 23.0. The molecule has 38 heavy (non-hydrogen) atoms. The molecule has 10 heteroatoms. The van der Waals surface area contributed by atoms with Crippen molar-refractivity contribution in [2.24, 2.45) is 0 Å². The number of carbonyl (C=O) groups excluding carboxylic acids is 1. The second-order valence-electron chi connectivity index (χ2n) is 9.77. The van der Waals surface area contributed by atoms with Crippen molar-refractivity contribution in [2.45, 2.75) is 39.5 Å². The lowest BCUT2D eigenvalue weighted by atomic mass is 10.0. The van der Waals surface area contributed by atoms with Gasteiger partial charge in [0.25, 0.3) is 5.91 Å². The second-order valence-corrected chi connectivity index (χ2v) is 11.7. The van der Waals surface area contributed by atoms with Crippen LogP contribution in [-0.2, 0) is 14.8 Å². The van der Waals surface area contributed by atoms with Crippen LogP contribution in [-0.4, -0.2) is 59.5 Å². The molecule has 4 aromatic rings. The number of hydrogen-bond donors (Lipinski definition) is 1. The number of sulfonamides is 1. The molecule has 0 unspecified atom stereocenters. The molecule has 0 spiro atoms. The summed E-state index contributed by atoms with van der Waals surface area (Å²) in [5.41, 5.74) is 6.55. The Kier molecular flexibility index (Phi) is 6.81. The van der Waals surface area contributed by atoms with Gasteiger partial charge in [0.15, 0.2) is 11.3 Å². The Bertz CT molecular complexity index is 1670. The predicted molar refractivity (Wildman–Crippen MR) is 146 cm³/mol. The van der Waals surface area contributed by atoms with E-state index < -0.39 is 15.9 Å². The fourth-order valence-corrected chi connectivity index (χ4v) is 6.42. The number of amides is 1. The van der Waals surface area contributed by atoms with E-state index in [0.717, 1.165) is 22.5 Å². The molecule has 1 aliphatic rings. The molecule has 0 saturated carbocycles. The highest BCUT2D eigenvalue weighted by molar-refractivity contribution is 7.89. The van der Waals surface area contributed by atoms with Gasteiger partial charge in [-0.05, 0) is 75.1 Å². The molecule has 3 heterocycles. The third-order valence-electron chi connectivity index (χ3n) is 6.82. The van der Waals surface area contributed by atoms with Gasteiger partial charge in [-0.15, -0.1) is 0 Å². The Balaban J connectivity index is 1.68. The van der Waals surface area contributed by atoms with Crippen molar-refractivity contribution in [1.82, 2.24) is 18.9 Å². The van der Waals surface area contributed by atoms with Crippen molar-refractivity contribution in [3.8, 4) is 11.1 Å². The van der Waals surface area contributed by atoms with Crippen molar-refractivity contribution in [3.63, 3.8) is 0 Å². The van der Waals surface area contributed by atoms with E-state index >= 15 is 0 Å². The van der Waals surface area contributed by atoms with Crippen molar-refractivity contribution >= 4 is 27.3 Å². The molecule has 5 rings (SSSR count). The van der Waals surface area contributed by atoms with Crippen LogP contribution < -0.4 is 5.32 Å². The SMILES string of the molecule is Cc1ccc(C)c(NC(=O)c2nn3c(C)cc(C)nc3c2-c2ccc(C)c(S(=O)(=O)N3CCOCC3)c2)c1. The molecular weight excluding hydrogens is 502 g/mol. The Morgan fingerprint density at radius 2 is 1.66 bits per heavy atom. The van der Waals surface area contributed by atoms with E-state index in [1.165, 1.54) is 4.31 Å². The second kappa shape index (κ2) is 9.94. The van der Waals surface area contributed by atoms with Crippen LogP contribution in [0.5, 0.6) is 0 Å². The summed E-state index contributed by atoms with van der Waals surface area (Å²) < 4.78 is 35.6. The minimum atomic E-state index is -3.76. The number of nitrogens with zero attached hydrogens (tertiary/aromatic N) is 4. The van der Waals surface area contributed by atoms with Crippen LogP contribution in [0.3, 0.4) is 0 Å². The minimum Gasteiger partial charge on any atom is -0.379 e. The fourth-order valence-electron chi connectivity index (χ4n) is 4.76. The first-order chi connectivity index (χ1) is 18.1. The average Bonchev–Trinajstić information content (AvgIpc) is 3.27. The summed E-state index contributed by atoms with van der Waals surface area (Å²) in [5.74, 6) is -0.394. The lowest BCUT2D eigenvalue weighted by molar-refractivity contribution is 0.0730. The Morgan fingerprint density at radius 1 is 0.947 bits per heavy atom. The summed E-state index contributed by atoms with van der Waals surface area (Å²) in [4.78, 5) is 18.6. The summed E-state index contributed by atoms with van der Waals surface area (Å²) in [6.45, 7) is 10.7. The van der Waals surface area contributed by atoms with Gasteiger partial charge in [0.2, 0.25) is 10.0 Å². The number of aryl methyl sites for hydroxylation is 5. The zero-order chi connectivity index (χ0) is 27.2. The first kappa shape index (κ1) is 26.0. The summed E-state index contributed by atoms with van der Waals surface area (Å²) in [7, 11) is -3.76. The Hall–Kier alpha value is -3.60. The van der Waals surface area contributed by atoms with Crippen molar-refractivity contribution < 1.29 is 17.9 Å². The van der Waals surface area contributed by atoms with E-state index in [-0.39, 0.29) is 10.6 Å². The van der Waals surface area contributed by atoms with E-state index in [1.54, 1.807) is 23.6 Å². The summed E-state index contributed by atoms with van der Waals surface area (Å²) >= 11 is 0. The first-order valence-electron chi connectivity index (χ1n) is 12.5. The van der Waals surface area contributed by atoms with Crippen molar-refractivity contribution in [2.75, 3.05) is 31.6 Å². The molecule has 0 bridgehead atoms. The lowest BCUT2D eigenvalue weighted by Gasteiger charge is -2.26. The fraction of sp³-hybridized carbons (Fsp3) is 0.321. The maximum Gasteiger partial charge on any atom is 0.276 e. The van der Waals surface area contributed by atoms with Gasteiger partial charge in [0, 0.05) is 30.2 Å². The molecule has 1 N–H and O–H groups in total. The highest BCUT2D eigenvalue weighted by Crippen LogP contribution is 2.33. The van der Waals surface area contributed by atoms with E-state index in [4.69, 9.17) is 9.72 Å². The summed E-state index contributed by atoms with van der Waals surface area (Å²) in [5, 5.41) is 7.65. The lowest BCUT2D eigenvalue weighted by Crippen LogP contribution is -2.40. The van der Waals surface area contributed by atoms with Gasteiger partial charge in [-0.1, -0.05) is 24.3 Å². The van der Waals surface area contributed by atoms with Gasteiger partial charge in [-0.3, -0.25) is 4.79 Å². The number of anilines is 1. The number of fused-ring (bicyclic) bond motifs is 1. The number of benzene rings is 2. The number of morpholine rings is 1. The molecule has 1 amide bonds. The molecule has 0 radical (unpaired) electrons. The molecule has 2 aromatic heterocycles. The van der Waals surface area contributed by atoms with Gasteiger partial charge in [-0.2, -0.15) is 9.40 Å². The van der Waals surface area contributed by atoms with Crippen molar-refractivity contribution in [3.05, 3.63) is 76.2 Å². The van der Waals surface area contributed by atoms with Crippen LogP contribution in [0.4, 0.5) is 5.69 Å². The maximum absolute atomic E-state index is 13.7. The summed E-state index contributed by atoms with van der Waals surface area (Å²) in [6, 6.07) is 13.0. The summed E-state index contributed by atoms with van der Waals surface area (Å²) in [6.07, 6.45) is 0. The molecule has 2 aromatic carbocycles. The number of ether oxygens (including phenoxy) is 1. The molecule has 0 aliphatic carbocycles. The Labute approximate surface area is 222 Å². The van der Waals surface area contributed by atoms with Gasteiger partial charge >= 0.3 is 0 Å². The van der Waals surface area contributed by atoms with E-state index in [0.29, 0.717) is 54.3 Å². The van der Waals surface area contributed by atoms with Crippen LogP contribution in [0.15, 0.2) is 47.4 Å². The molecule has 0 atom stereocenters. The number of carbonyl (C=O) groups is 1. The highest BCUT2D eigenvalue weighted by Gasteiger charge is 2.30. The average molecular weight is 534 g/mol. The largest absolute Gasteiger partial charge is 0.379 e. The van der Waals surface area contributed by atoms with Gasteiger partial charge in [0.1, 0.15) is 0 Å². The van der Waals surface area contributed by atoms with Gasteiger partial charge < -0.3 is 10.1 Å². The topological polar surface area (TPSA) is 106 Å². The quantitative estimate of drug-likeness (QED) is 0.412. The molecule has 1 fully saturated rings. The molecule has 198 valence electrons. The normalized spacial score (nSPS) is 14.7. The van der Waals surface area contributed by atoms with Gasteiger partial charge in [0.05, 0.1) is 23.7 Å². The number of hydrogen-bond acceptors (Lipinski definition) is 6. The van der Waals surface area contributed by atoms with Crippen LogP contribution in [0, 0.1) is 34.6 Å². The van der Waals surface area contributed by atoms with Crippen LogP contribution in [0.25, 0.3) is 16.8 Å². The standard InChI is InChI=1S/C28H31N5O4S/c1-17-6-7-18(2)23(14-17)30-28(34)26-25(27-29-20(4)15-21(5)33(27)31-26)22-9-8-19(3)24(16-22)38(35,36)32-10-12-37-13-11-32/h6-9,14-16H,10-13H2,1-5H3,(H,30,34). The first-order valence-corrected chi connectivity index (χ1v) is 13.9. The van der Waals surface area contributed by atoms with Crippen LogP contribution in [0.2, 0.25) is 0 Å². The third kappa shape index (κ3) is 4.70. The smallest absolute Gasteiger partial charge is 0.276 e. The van der Waals surface area contributed by atoms with E-state index in [1.807, 2.05) is 58.0 Å². The predicted octanol–water partition coefficient (Wildman–Crippen LogP) is 4.21. The maximum atomic E-state index is 13.7. The van der Waals surface area contributed by atoms with E-state index in [9.17, 15) is 13.2 Å². The van der Waals surface area contributed by atoms with Gasteiger partial charge in [-0.25, -0.2) is 17.9 Å². The molecule has 1 saturated heterocycles. The number of nitrogens with one attached hydrogen (secondary N) is 1. The van der Waals surface area contributed by atoms with Crippen LogP contribution >= 0.6 is 0 Å².